The Labute approximate surface area is 99.6 Å². The highest BCUT2D eigenvalue weighted by Crippen LogP contribution is 2.21. The van der Waals surface area contributed by atoms with Crippen molar-refractivity contribution in [3.8, 4) is 0 Å². The van der Waals surface area contributed by atoms with Gasteiger partial charge in [-0.05, 0) is 12.8 Å². The van der Waals surface area contributed by atoms with Crippen molar-refractivity contribution in [1.82, 2.24) is 10.2 Å². The molecule has 0 spiro atoms. The van der Waals surface area contributed by atoms with E-state index in [9.17, 15) is 14.7 Å². The fourth-order valence-electron chi connectivity index (χ4n) is 2.60. The number of β-amino-alcohol motifs (C(OH)–C–C–N with tert-alkyl or cyclic N) is 1. The second-order valence-corrected chi connectivity index (χ2v) is 4.83. The molecule has 2 aliphatic rings. The minimum absolute atomic E-state index is 0.107. The number of carbonyl (C=O) groups excluding carboxylic acids is 1. The molecule has 0 unspecified atom stereocenters. The van der Waals surface area contributed by atoms with Crippen molar-refractivity contribution < 1.29 is 19.8 Å². The fourth-order valence-corrected chi connectivity index (χ4v) is 2.60. The summed E-state index contributed by atoms with van der Waals surface area (Å²) in [7, 11) is 0. The van der Waals surface area contributed by atoms with Crippen LogP contribution in [0.5, 0.6) is 0 Å². The van der Waals surface area contributed by atoms with Gasteiger partial charge in [-0.15, -0.1) is 0 Å². The Morgan fingerprint density at radius 3 is 2.47 bits per heavy atom. The average Bonchev–Trinajstić information content (AvgIpc) is 2.86. The molecule has 1 heterocycles. The van der Waals surface area contributed by atoms with Crippen LogP contribution in [0.1, 0.15) is 32.1 Å². The van der Waals surface area contributed by atoms with Crippen LogP contribution < -0.4 is 5.32 Å². The molecule has 1 saturated heterocycles. The number of aliphatic carboxylic acids is 1. The Morgan fingerprint density at radius 2 is 1.88 bits per heavy atom. The number of likely N-dealkylation sites (tertiary alicyclic amines) is 1. The lowest BCUT2D eigenvalue weighted by molar-refractivity contribution is -0.141. The van der Waals surface area contributed by atoms with Crippen LogP contribution in [0.4, 0.5) is 4.79 Å². The summed E-state index contributed by atoms with van der Waals surface area (Å²) in [4.78, 5) is 24.1. The highest BCUT2D eigenvalue weighted by molar-refractivity contribution is 5.83. The van der Waals surface area contributed by atoms with Gasteiger partial charge in [-0.3, -0.25) is 0 Å². The Morgan fingerprint density at radius 1 is 1.24 bits per heavy atom. The van der Waals surface area contributed by atoms with Crippen LogP contribution in [0.2, 0.25) is 0 Å². The number of aliphatic hydroxyl groups excluding tert-OH is 1. The van der Waals surface area contributed by atoms with Crippen molar-refractivity contribution >= 4 is 12.0 Å². The predicted molar refractivity (Wildman–Crippen MR) is 59.5 cm³/mol. The second-order valence-electron chi connectivity index (χ2n) is 4.83. The Kier molecular flexibility index (Phi) is 3.51. The maximum absolute atomic E-state index is 11.9. The molecule has 2 atom stereocenters. The monoisotopic (exact) mass is 242 g/mol. The number of urea groups is 1. The van der Waals surface area contributed by atoms with Crippen molar-refractivity contribution in [3.05, 3.63) is 0 Å². The van der Waals surface area contributed by atoms with Gasteiger partial charge in [0, 0.05) is 19.0 Å². The number of carboxylic acids is 1. The molecule has 2 rings (SSSR count). The minimum Gasteiger partial charge on any atom is -0.480 e. The first kappa shape index (κ1) is 12.2. The predicted octanol–water partition coefficient (Wildman–Crippen LogP) is 0.158. The number of aliphatic hydroxyl groups is 1. The molecule has 1 saturated carbocycles. The molecule has 0 radical (unpaired) electrons. The van der Waals surface area contributed by atoms with E-state index in [4.69, 9.17) is 5.11 Å². The van der Waals surface area contributed by atoms with Gasteiger partial charge in [-0.2, -0.15) is 0 Å². The molecule has 1 aliphatic carbocycles. The quantitative estimate of drug-likeness (QED) is 0.643. The number of nitrogens with zero attached hydrogens (tertiary/aromatic N) is 1. The lowest BCUT2D eigenvalue weighted by Gasteiger charge is -2.23. The zero-order valence-electron chi connectivity index (χ0n) is 9.63. The van der Waals surface area contributed by atoms with Gasteiger partial charge in [0.1, 0.15) is 6.04 Å². The molecule has 6 heteroatoms. The molecule has 2 fully saturated rings. The van der Waals surface area contributed by atoms with Gasteiger partial charge in [-0.25, -0.2) is 9.59 Å². The van der Waals surface area contributed by atoms with Crippen molar-refractivity contribution in [2.45, 2.75) is 50.3 Å². The number of carbonyl (C=O) groups is 2. The summed E-state index contributed by atoms with van der Waals surface area (Å²) in [5.41, 5.74) is 0. The number of rotatable bonds is 2. The molecule has 2 amide bonds. The molecule has 0 aromatic carbocycles. The maximum Gasteiger partial charge on any atom is 0.326 e. The molecular formula is C11H18N2O4. The highest BCUT2D eigenvalue weighted by Gasteiger charge is 2.39. The van der Waals surface area contributed by atoms with Crippen molar-refractivity contribution in [2.24, 2.45) is 0 Å². The molecule has 17 heavy (non-hydrogen) atoms. The van der Waals surface area contributed by atoms with E-state index in [1.54, 1.807) is 0 Å². The normalized spacial score (nSPS) is 29.6. The van der Waals surface area contributed by atoms with Gasteiger partial charge in [0.2, 0.25) is 0 Å². The smallest absolute Gasteiger partial charge is 0.326 e. The summed E-state index contributed by atoms with van der Waals surface area (Å²) in [5.74, 6) is -1.05. The van der Waals surface area contributed by atoms with Gasteiger partial charge in [0.25, 0.3) is 0 Å². The SMILES string of the molecule is O=C(O)[C@@H]1C[C@H](O)CN1C(=O)NC1CCCC1. The van der Waals surface area contributed by atoms with Gasteiger partial charge in [0.05, 0.1) is 6.10 Å². The average molecular weight is 242 g/mol. The molecule has 3 N–H and O–H groups in total. The second kappa shape index (κ2) is 4.91. The standard InChI is InChI=1S/C11H18N2O4/c14-8-5-9(10(15)16)13(6-8)11(17)12-7-3-1-2-4-7/h7-9,14H,1-6H2,(H,12,17)(H,15,16)/t8-,9-/m0/s1. The van der Waals surface area contributed by atoms with E-state index in [-0.39, 0.29) is 25.0 Å². The van der Waals surface area contributed by atoms with Gasteiger partial charge in [0.15, 0.2) is 0 Å². The third-order valence-electron chi connectivity index (χ3n) is 3.51. The third-order valence-corrected chi connectivity index (χ3v) is 3.51. The van der Waals surface area contributed by atoms with Gasteiger partial charge < -0.3 is 20.4 Å². The summed E-state index contributed by atoms with van der Waals surface area (Å²) >= 11 is 0. The zero-order chi connectivity index (χ0) is 12.4. The van der Waals surface area contributed by atoms with Crippen LogP contribution in [0.3, 0.4) is 0 Å². The van der Waals surface area contributed by atoms with Crippen LogP contribution in [0, 0.1) is 0 Å². The molecule has 0 bridgehead atoms. The number of hydrogen-bond acceptors (Lipinski definition) is 3. The molecule has 0 aromatic heterocycles. The van der Waals surface area contributed by atoms with E-state index in [1.165, 1.54) is 4.90 Å². The Hall–Kier alpha value is -1.30. The maximum atomic E-state index is 11.9. The van der Waals surface area contributed by atoms with E-state index in [2.05, 4.69) is 5.32 Å². The molecule has 0 aromatic rings. The van der Waals surface area contributed by atoms with Crippen molar-refractivity contribution in [2.75, 3.05) is 6.54 Å². The highest BCUT2D eigenvalue weighted by atomic mass is 16.4. The number of carboxylic acid groups (broad SMARTS) is 1. The van der Waals surface area contributed by atoms with E-state index in [0.717, 1.165) is 25.7 Å². The number of nitrogens with one attached hydrogen (secondary N) is 1. The van der Waals surface area contributed by atoms with E-state index in [1.807, 2.05) is 0 Å². The largest absolute Gasteiger partial charge is 0.480 e. The minimum atomic E-state index is -1.05. The van der Waals surface area contributed by atoms with Gasteiger partial charge >= 0.3 is 12.0 Å². The summed E-state index contributed by atoms with van der Waals surface area (Å²) < 4.78 is 0. The van der Waals surface area contributed by atoms with Crippen molar-refractivity contribution in [3.63, 3.8) is 0 Å². The van der Waals surface area contributed by atoms with Gasteiger partial charge in [-0.1, -0.05) is 12.8 Å². The summed E-state index contributed by atoms with van der Waals surface area (Å²) in [6.07, 6.45) is 3.52. The summed E-state index contributed by atoms with van der Waals surface area (Å²) in [6.45, 7) is 0.107. The first-order valence-corrected chi connectivity index (χ1v) is 6.06. The summed E-state index contributed by atoms with van der Waals surface area (Å²) in [6, 6.07) is -1.10. The summed E-state index contributed by atoms with van der Waals surface area (Å²) in [5, 5.41) is 21.3. The molecule has 6 nitrogen and oxygen atoms in total. The topological polar surface area (TPSA) is 89.9 Å². The van der Waals surface area contributed by atoms with Crippen LogP contribution in [0.25, 0.3) is 0 Å². The first-order valence-electron chi connectivity index (χ1n) is 6.06. The lowest BCUT2D eigenvalue weighted by Crippen LogP contribution is -2.48. The van der Waals surface area contributed by atoms with E-state index >= 15 is 0 Å². The molecule has 1 aliphatic heterocycles. The lowest BCUT2D eigenvalue weighted by atomic mass is 10.2. The van der Waals surface area contributed by atoms with Crippen LogP contribution in [0.15, 0.2) is 0 Å². The number of amides is 2. The number of hydrogen-bond donors (Lipinski definition) is 3. The molecule has 96 valence electrons. The zero-order valence-corrected chi connectivity index (χ0v) is 9.63. The Bertz CT molecular complexity index is 315. The van der Waals surface area contributed by atoms with E-state index < -0.39 is 18.1 Å². The van der Waals surface area contributed by atoms with Crippen molar-refractivity contribution in [1.29, 1.82) is 0 Å². The Balaban J connectivity index is 1.94. The molecular weight excluding hydrogens is 224 g/mol. The third kappa shape index (κ3) is 2.69. The van der Waals surface area contributed by atoms with E-state index in [0.29, 0.717) is 0 Å². The first-order chi connectivity index (χ1) is 8.08. The van der Waals surface area contributed by atoms with Crippen LogP contribution in [-0.4, -0.2) is 51.8 Å². The van der Waals surface area contributed by atoms with Crippen LogP contribution in [-0.2, 0) is 4.79 Å². The fraction of sp³-hybridized carbons (Fsp3) is 0.818. The van der Waals surface area contributed by atoms with Crippen LogP contribution >= 0.6 is 0 Å².